The molecule has 2 aliphatic heterocycles. The Hall–Kier alpha value is -1.87. The summed E-state index contributed by atoms with van der Waals surface area (Å²) in [4.78, 5) is 16.4. The van der Waals surface area contributed by atoms with Crippen LogP contribution in [0.5, 0.6) is 0 Å². The van der Waals surface area contributed by atoms with Crippen LogP contribution in [0.1, 0.15) is 78.1 Å². The van der Waals surface area contributed by atoms with Gasteiger partial charge in [-0.1, -0.05) is 6.92 Å². The number of aliphatic imine (C=N–C) groups is 1. The van der Waals surface area contributed by atoms with Crippen molar-refractivity contribution in [2.45, 2.75) is 120 Å². The maximum absolute atomic E-state index is 12.6. The first kappa shape index (κ1) is 30.2. The van der Waals surface area contributed by atoms with Crippen LogP contribution >= 0.6 is 0 Å². The highest BCUT2D eigenvalue weighted by molar-refractivity contribution is 5.85. The van der Waals surface area contributed by atoms with Crippen molar-refractivity contribution < 1.29 is 39.1 Å². The van der Waals surface area contributed by atoms with Gasteiger partial charge < -0.3 is 34.3 Å². The number of aliphatic hydroxyl groups is 3. The van der Waals surface area contributed by atoms with Gasteiger partial charge in [-0.15, -0.1) is 0 Å². The van der Waals surface area contributed by atoms with Crippen LogP contribution in [0.3, 0.4) is 0 Å². The SMILES string of the molecule is COC1CC(O[C@H]2CC[C@]3(C=NCC#N)[C@H]4CC[C@]5(C)[C@@H](C6=CC(=O)OC6)CC[C@]5(O)[C@@H]4CC[C@]3(O)C2)OC(C)C1O. The van der Waals surface area contributed by atoms with Crippen LogP contribution in [-0.2, 0) is 23.7 Å². The number of nitriles is 1. The summed E-state index contributed by atoms with van der Waals surface area (Å²) in [5.74, 6) is -0.229. The first-order chi connectivity index (χ1) is 20.0. The molecule has 0 amide bonds. The van der Waals surface area contributed by atoms with Crippen LogP contribution in [0.25, 0.3) is 0 Å². The molecule has 0 aromatic carbocycles. The molecule has 42 heavy (non-hydrogen) atoms. The number of hydrogen-bond donors (Lipinski definition) is 3. The summed E-state index contributed by atoms with van der Waals surface area (Å²) in [6, 6.07) is 2.11. The first-order valence-electron chi connectivity index (χ1n) is 15.7. The van der Waals surface area contributed by atoms with E-state index in [2.05, 4.69) is 18.0 Å². The van der Waals surface area contributed by atoms with Gasteiger partial charge in [-0.2, -0.15) is 5.26 Å². The molecule has 12 atom stereocenters. The Balaban J connectivity index is 1.26. The monoisotopic (exact) mass is 586 g/mol. The Morgan fingerprint density at radius 1 is 1.17 bits per heavy atom. The molecule has 6 rings (SSSR count). The van der Waals surface area contributed by atoms with Crippen LogP contribution in [0.15, 0.2) is 16.6 Å². The van der Waals surface area contributed by atoms with E-state index in [0.29, 0.717) is 51.6 Å². The van der Waals surface area contributed by atoms with Gasteiger partial charge in [0.2, 0.25) is 0 Å². The minimum atomic E-state index is -1.10. The molecule has 0 aromatic rings. The molecule has 4 saturated carbocycles. The Kier molecular flexibility index (Phi) is 7.85. The summed E-state index contributed by atoms with van der Waals surface area (Å²) >= 11 is 0. The van der Waals surface area contributed by atoms with E-state index >= 15 is 0 Å². The quantitative estimate of drug-likeness (QED) is 0.185. The van der Waals surface area contributed by atoms with E-state index in [4.69, 9.17) is 18.9 Å². The van der Waals surface area contributed by atoms with Gasteiger partial charge in [0.25, 0.3) is 0 Å². The molecule has 2 heterocycles. The average molecular weight is 587 g/mol. The zero-order valence-corrected chi connectivity index (χ0v) is 25.0. The maximum atomic E-state index is 12.6. The van der Waals surface area contributed by atoms with Gasteiger partial charge in [0.15, 0.2) is 6.29 Å². The van der Waals surface area contributed by atoms with Gasteiger partial charge in [-0.3, -0.25) is 4.99 Å². The van der Waals surface area contributed by atoms with Crippen LogP contribution in [0.4, 0.5) is 0 Å². The number of nitrogens with zero attached hydrogens (tertiary/aromatic N) is 2. The number of cyclic esters (lactones) is 1. The van der Waals surface area contributed by atoms with E-state index in [1.165, 1.54) is 0 Å². The smallest absolute Gasteiger partial charge is 0.331 e. The number of esters is 1. The molecule has 4 aliphatic carbocycles. The molecule has 10 heteroatoms. The molecule has 1 saturated heterocycles. The Morgan fingerprint density at radius 3 is 2.67 bits per heavy atom. The Morgan fingerprint density at radius 2 is 1.95 bits per heavy atom. The van der Waals surface area contributed by atoms with Gasteiger partial charge in [-0.05, 0) is 81.6 Å². The highest BCUT2D eigenvalue weighted by Gasteiger charge is 2.71. The summed E-state index contributed by atoms with van der Waals surface area (Å²) in [5, 5.41) is 44.7. The molecular formula is C32H46N2O8. The van der Waals surface area contributed by atoms with Crippen molar-refractivity contribution in [2.75, 3.05) is 20.3 Å². The summed E-state index contributed by atoms with van der Waals surface area (Å²) in [6.45, 7) is 4.32. The number of hydrogen-bond acceptors (Lipinski definition) is 10. The molecule has 3 N–H and O–H groups in total. The minimum absolute atomic E-state index is 0.00544. The zero-order valence-electron chi connectivity index (χ0n) is 25.0. The Bertz CT molecular complexity index is 1170. The van der Waals surface area contributed by atoms with Crippen molar-refractivity contribution in [2.24, 2.45) is 33.6 Å². The third-order valence-electron chi connectivity index (χ3n) is 12.4. The van der Waals surface area contributed by atoms with Gasteiger partial charge in [0.05, 0.1) is 35.6 Å². The lowest BCUT2D eigenvalue weighted by molar-refractivity contribution is -0.284. The van der Waals surface area contributed by atoms with Crippen LogP contribution in [0.2, 0.25) is 0 Å². The van der Waals surface area contributed by atoms with Crippen molar-refractivity contribution in [3.8, 4) is 6.07 Å². The van der Waals surface area contributed by atoms with Gasteiger partial charge in [0.1, 0.15) is 19.3 Å². The number of carbonyl (C=O) groups excluding carboxylic acids is 1. The standard InChI is InChI=1S/C32H46N2O8/c1-19-28(36)25(39-3)15-27(41-19)42-21-4-9-30(18-34-13-12-33)23-5-8-29(2)22(20-14-26(35)40-17-20)7-11-32(29,38)24(23)6-10-31(30,37)16-21/h14,18-19,21-25,27-28,36-38H,4-11,13,15-17H2,1-3H3/t19?,21-,22+,23-,24+,25?,27?,28?,29+,30-,31-,32-/m0/s1. The molecule has 6 aliphatic rings. The second kappa shape index (κ2) is 10.9. The number of rotatable bonds is 6. The van der Waals surface area contributed by atoms with Gasteiger partial charge in [0, 0.05) is 43.1 Å². The average Bonchev–Trinajstić information content (AvgIpc) is 3.50. The summed E-state index contributed by atoms with van der Waals surface area (Å²) < 4.78 is 23.1. The van der Waals surface area contributed by atoms with Crippen molar-refractivity contribution in [1.29, 1.82) is 5.26 Å². The highest BCUT2D eigenvalue weighted by Crippen LogP contribution is 2.70. The minimum Gasteiger partial charge on any atom is -0.458 e. The van der Waals surface area contributed by atoms with Crippen molar-refractivity contribution >= 4 is 12.2 Å². The Labute approximate surface area is 248 Å². The van der Waals surface area contributed by atoms with E-state index in [0.717, 1.165) is 24.8 Å². The fourth-order valence-electron chi connectivity index (χ4n) is 10.3. The fourth-order valence-corrected chi connectivity index (χ4v) is 10.3. The number of fused-ring (bicyclic) bond motifs is 5. The van der Waals surface area contributed by atoms with E-state index < -0.39 is 35.1 Å². The third-order valence-corrected chi connectivity index (χ3v) is 12.4. The molecule has 10 nitrogen and oxygen atoms in total. The maximum Gasteiger partial charge on any atom is 0.331 e. The van der Waals surface area contributed by atoms with Gasteiger partial charge in [-0.25, -0.2) is 4.79 Å². The lowest BCUT2D eigenvalue weighted by Gasteiger charge is -2.66. The van der Waals surface area contributed by atoms with E-state index in [1.54, 1.807) is 13.2 Å². The summed E-state index contributed by atoms with van der Waals surface area (Å²) in [7, 11) is 1.58. The van der Waals surface area contributed by atoms with Crippen molar-refractivity contribution in [3.63, 3.8) is 0 Å². The third kappa shape index (κ3) is 4.50. The van der Waals surface area contributed by atoms with E-state index in [9.17, 15) is 25.4 Å². The molecule has 0 spiro atoms. The molecule has 4 unspecified atom stereocenters. The predicted molar refractivity (Wildman–Crippen MR) is 151 cm³/mol. The topological polar surface area (TPSA) is 151 Å². The molecule has 5 fully saturated rings. The van der Waals surface area contributed by atoms with Gasteiger partial charge >= 0.3 is 5.97 Å². The fraction of sp³-hybridized carbons (Fsp3) is 0.844. The van der Waals surface area contributed by atoms with E-state index in [1.807, 2.05) is 13.1 Å². The zero-order chi connectivity index (χ0) is 29.9. The number of carbonyl (C=O) groups is 1. The number of methoxy groups -OCH3 is 1. The predicted octanol–water partition coefficient (Wildman–Crippen LogP) is 2.83. The number of aliphatic hydroxyl groups excluding tert-OH is 1. The van der Waals surface area contributed by atoms with Crippen molar-refractivity contribution in [1.82, 2.24) is 0 Å². The van der Waals surface area contributed by atoms with Crippen LogP contribution in [0, 0.1) is 39.9 Å². The van der Waals surface area contributed by atoms with E-state index in [-0.39, 0.29) is 47.9 Å². The summed E-state index contributed by atoms with van der Waals surface area (Å²) in [6.07, 6.45) is 7.57. The second-order valence-electron chi connectivity index (χ2n) is 14.0. The first-order valence-corrected chi connectivity index (χ1v) is 15.7. The second-order valence-corrected chi connectivity index (χ2v) is 14.0. The molecule has 0 bridgehead atoms. The largest absolute Gasteiger partial charge is 0.458 e. The molecule has 0 radical (unpaired) electrons. The highest BCUT2D eigenvalue weighted by atomic mass is 16.7. The lowest BCUT2D eigenvalue weighted by Crippen LogP contribution is -2.69. The normalized spacial score (nSPS) is 50.4. The molecular weight excluding hydrogens is 540 g/mol. The lowest BCUT2D eigenvalue weighted by atomic mass is 9.41. The molecule has 232 valence electrons. The molecule has 0 aromatic heterocycles. The van der Waals surface area contributed by atoms with Crippen LogP contribution < -0.4 is 0 Å². The summed E-state index contributed by atoms with van der Waals surface area (Å²) in [5.41, 5.74) is -2.10. The number of ether oxygens (including phenoxy) is 4. The van der Waals surface area contributed by atoms with Crippen LogP contribution in [-0.4, -0.2) is 89.7 Å². The van der Waals surface area contributed by atoms with Crippen molar-refractivity contribution in [3.05, 3.63) is 11.6 Å².